The van der Waals surface area contributed by atoms with Gasteiger partial charge < -0.3 is 9.26 Å². The van der Waals surface area contributed by atoms with Crippen molar-refractivity contribution in [3.63, 3.8) is 0 Å². The van der Waals surface area contributed by atoms with Crippen molar-refractivity contribution in [1.82, 2.24) is 25.1 Å². The Balaban J connectivity index is 1.35. The first-order valence-electron chi connectivity index (χ1n) is 8.37. The first kappa shape index (κ1) is 17.5. The number of nitrogens with zero attached hydrogens (tertiary/aromatic N) is 5. The maximum atomic E-state index is 13.0. The van der Waals surface area contributed by atoms with Crippen molar-refractivity contribution in [3.05, 3.63) is 83.7 Å². The second-order valence-corrected chi connectivity index (χ2v) is 5.89. The Hall–Kier alpha value is -3.88. The van der Waals surface area contributed by atoms with Crippen molar-refractivity contribution < 1.29 is 18.4 Å². The fourth-order valence-electron chi connectivity index (χ4n) is 2.47. The molecular formula is C19H14FN5O3. The number of rotatable bonds is 6. The van der Waals surface area contributed by atoms with Crippen LogP contribution >= 0.6 is 0 Å². The summed E-state index contributed by atoms with van der Waals surface area (Å²) >= 11 is 0. The normalized spacial score (nSPS) is 10.8. The molecule has 2 aromatic carbocycles. The van der Waals surface area contributed by atoms with Crippen molar-refractivity contribution >= 4 is 5.97 Å². The second-order valence-electron chi connectivity index (χ2n) is 5.89. The molecule has 4 aromatic rings. The highest BCUT2D eigenvalue weighted by atomic mass is 19.1. The summed E-state index contributed by atoms with van der Waals surface area (Å²) in [4.78, 5) is 16.3. The molecule has 0 radical (unpaired) electrons. The molecule has 9 heteroatoms. The topological polar surface area (TPSA) is 95.9 Å². The predicted octanol–water partition coefficient (Wildman–Crippen LogP) is 2.87. The summed E-state index contributed by atoms with van der Waals surface area (Å²) in [5, 5.41) is 11.5. The van der Waals surface area contributed by atoms with Crippen LogP contribution in [0, 0.1) is 5.82 Å². The molecule has 0 N–H and O–H groups in total. The molecule has 0 bridgehead atoms. The molecule has 140 valence electrons. The highest BCUT2D eigenvalue weighted by Gasteiger charge is 2.15. The van der Waals surface area contributed by atoms with E-state index in [1.807, 2.05) is 30.3 Å². The lowest BCUT2D eigenvalue weighted by atomic mass is 10.2. The van der Waals surface area contributed by atoms with Gasteiger partial charge in [-0.2, -0.15) is 4.98 Å². The molecule has 0 aliphatic heterocycles. The van der Waals surface area contributed by atoms with Gasteiger partial charge in [0.25, 0.3) is 5.89 Å². The third-order valence-corrected chi connectivity index (χ3v) is 3.83. The van der Waals surface area contributed by atoms with E-state index < -0.39 is 5.97 Å². The molecule has 0 atom stereocenters. The van der Waals surface area contributed by atoms with Gasteiger partial charge in [0.05, 0.1) is 12.7 Å². The molecule has 8 nitrogen and oxygen atoms in total. The van der Waals surface area contributed by atoms with Crippen LogP contribution in [-0.2, 0) is 17.9 Å². The molecule has 0 fully saturated rings. The fraction of sp³-hybridized carbons (Fsp3) is 0.105. The largest absolute Gasteiger partial charge is 0.452 e. The number of esters is 1. The summed E-state index contributed by atoms with van der Waals surface area (Å²) in [6.07, 6.45) is 1.51. The van der Waals surface area contributed by atoms with Gasteiger partial charge in [-0.15, -0.1) is 5.10 Å². The lowest BCUT2D eigenvalue weighted by molar-refractivity contribution is 0.0452. The van der Waals surface area contributed by atoms with E-state index in [0.717, 1.165) is 5.56 Å². The summed E-state index contributed by atoms with van der Waals surface area (Å²) in [7, 11) is 0. The van der Waals surface area contributed by atoms with Crippen LogP contribution in [0.1, 0.15) is 21.9 Å². The van der Waals surface area contributed by atoms with Crippen LogP contribution in [0.25, 0.3) is 11.5 Å². The minimum absolute atomic E-state index is 0.0817. The molecular weight excluding hydrogens is 365 g/mol. The van der Waals surface area contributed by atoms with Crippen LogP contribution in [0.3, 0.4) is 0 Å². The molecule has 0 unspecified atom stereocenters. The standard InChI is InChI=1S/C19H14FN5O3/c20-15-8-6-14(7-9-15)18-21-17(23-28-18)12-27-19(26)16-11-25(24-22-16)10-13-4-2-1-3-5-13/h1-9,11H,10,12H2. The maximum absolute atomic E-state index is 13.0. The number of ether oxygens (including phenoxy) is 1. The van der Waals surface area contributed by atoms with E-state index in [2.05, 4.69) is 20.5 Å². The zero-order valence-corrected chi connectivity index (χ0v) is 14.5. The summed E-state index contributed by atoms with van der Waals surface area (Å²) < 4.78 is 24.8. The minimum atomic E-state index is -0.646. The lowest BCUT2D eigenvalue weighted by Crippen LogP contribution is -2.06. The summed E-state index contributed by atoms with van der Waals surface area (Å²) in [6, 6.07) is 15.3. The summed E-state index contributed by atoms with van der Waals surface area (Å²) in [5.41, 5.74) is 1.68. The van der Waals surface area contributed by atoms with Gasteiger partial charge in [-0.3, -0.25) is 0 Å². The van der Waals surface area contributed by atoms with Crippen molar-refractivity contribution in [2.24, 2.45) is 0 Å². The van der Waals surface area contributed by atoms with Gasteiger partial charge in [-0.1, -0.05) is 40.7 Å². The van der Waals surface area contributed by atoms with E-state index in [9.17, 15) is 9.18 Å². The van der Waals surface area contributed by atoms with E-state index in [0.29, 0.717) is 12.1 Å². The highest BCUT2D eigenvalue weighted by Crippen LogP contribution is 2.17. The maximum Gasteiger partial charge on any atom is 0.360 e. The van der Waals surface area contributed by atoms with Crippen molar-refractivity contribution in [1.29, 1.82) is 0 Å². The van der Waals surface area contributed by atoms with Crippen LogP contribution in [0.4, 0.5) is 4.39 Å². The zero-order valence-electron chi connectivity index (χ0n) is 14.5. The molecule has 0 amide bonds. The SMILES string of the molecule is O=C(OCc1noc(-c2ccc(F)cc2)n1)c1cn(Cc2ccccc2)nn1. The van der Waals surface area contributed by atoms with E-state index in [4.69, 9.17) is 9.26 Å². The highest BCUT2D eigenvalue weighted by molar-refractivity contribution is 5.86. The molecule has 0 aliphatic carbocycles. The Kier molecular flexibility index (Phi) is 4.87. The first-order valence-corrected chi connectivity index (χ1v) is 8.37. The second kappa shape index (κ2) is 7.78. The number of hydrogen-bond acceptors (Lipinski definition) is 7. The molecule has 0 saturated carbocycles. The van der Waals surface area contributed by atoms with E-state index in [-0.39, 0.29) is 29.8 Å². The number of carbonyl (C=O) groups excluding carboxylic acids is 1. The van der Waals surface area contributed by atoms with Gasteiger partial charge in [0.15, 0.2) is 12.3 Å². The number of benzene rings is 2. The van der Waals surface area contributed by atoms with Gasteiger partial charge in [0.2, 0.25) is 5.82 Å². The van der Waals surface area contributed by atoms with E-state index >= 15 is 0 Å². The Morgan fingerprint density at radius 2 is 1.89 bits per heavy atom. The quantitative estimate of drug-likeness (QED) is 0.475. The lowest BCUT2D eigenvalue weighted by Gasteiger charge is -1.99. The summed E-state index contributed by atoms with van der Waals surface area (Å²) in [5.74, 6) is -0.616. The third kappa shape index (κ3) is 4.09. The van der Waals surface area contributed by atoms with Gasteiger partial charge in [-0.05, 0) is 29.8 Å². The molecule has 0 aliphatic rings. The Morgan fingerprint density at radius 1 is 1.11 bits per heavy atom. The molecule has 4 rings (SSSR count). The predicted molar refractivity (Wildman–Crippen MR) is 94.4 cm³/mol. The monoisotopic (exact) mass is 379 g/mol. The van der Waals surface area contributed by atoms with Crippen LogP contribution < -0.4 is 0 Å². The number of halogens is 1. The average molecular weight is 379 g/mol. The molecule has 0 saturated heterocycles. The van der Waals surface area contributed by atoms with E-state index in [1.165, 1.54) is 30.5 Å². The van der Waals surface area contributed by atoms with Crippen molar-refractivity contribution in [2.75, 3.05) is 0 Å². The first-order chi connectivity index (χ1) is 13.7. The molecule has 2 aromatic heterocycles. The molecule has 28 heavy (non-hydrogen) atoms. The van der Waals surface area contributed by atoms with Crippen LogP contribution in [0.15, 0.2) is 65.3 Å². The fourth-order valence-corrected chi connectivity index (χ4v) is 2.47. The van der Waals surface area contributed by atoms with Crippen LogP contribution in [0.5, 0.6) is 0 Å². The smallest absolute Gasteiger partial charge is 0.360 e. The summed E-state index contributed by atoms with van der Waals surface area (Å²) in [6.45, 7) is 0.308. The number of carbonyl (C=O) groups is 1. The average Bonchev–Trinajstić information content (AvgIpc) is 3.37. The van der Waals surface area contributed by atoms with Gasteiger partial charge >= 0.3 is 5.97 Å². The number of hydrogen-bond donors (Lipinski definition) is 0. The molecule has 2 heterocycles. The van der Waals surface area contributed by atoms with Gasteiger partial charge in [0, 0.05) is 5.56 Å². The van der Waals surface area contributed by atoms with Crippen molar-refractivity contribution in [3.8, 4) is 11.5 Å². The Morgan fingerprint density at radius 3 is 2.68 bits per heavy atom. The van der Waals surface area contributed by atoms with Crippen LogP contribution in [-0.4, -0.2) is 31.1 Å². The number of aromatic nitrogens is 5. The van der Waals surface area contributed by atoms with Gasteiger partial charge in [-0.25, -0.2) is 13.9 Å². The van der Waals surface area contributed by atoms with Crippen LogP contribution in [0.2, 0.25) is 0 Å². The Labute approximate surface area is 158 Å². The Bertz CT molecular complexity index is 1080. The van der Waals surface area contributed by atoms with E-state index in [1.54, 1.807) is 4.68 Å². The van der Waals surface area contributed by atoms with Crippen molar-refractivity contribution in [2.45, 2.75) is 13.2 Å². The minimum Gasteiger partial charge on any atom is -0.452 e. The molecule has 0 spiro atoms. The third-order valence-electron chi connectivity index (χ3n) is 3.83. The van der Waals surface area contributed by atoms with Gasteiger partial charge in [0.1, 0.15) is 5.82 Å². The zero-order chi connectivity index (χ0) is 19.3.